The van der Waals surface area contributed by atoms with Gasteiger partial charge < -0.3 is 4.74 Å². The first kappa shape index (κ1) is 11.3. The summed E-state index contributed by atoms with van der Waals surface area (Å²) in [6, 6.07) is 9.79. The smallest absolute Gasteiger partial charge is 0.429 e. The van der Waals surface area contributed by atoms with Crippen LogP contribution in [0.15, 0.2) is 30.3 Å². The van der Waals surface area contributed by atoms with Gasteiger partial charge in [0.05, 0.1) is 6.61 Å². The highest BCUT2D eigenvalue weighted by atomic mass is 32.2. The topological polar surface area (TPSA) is 29.5 Å². The SMILES string of the molecule is O=C(OCCc1ccccc1)N(S)S. The molecule has 0 saturated heterocycles. The monoisotopic (exact) mass is 229 g/mol. The highest BCUT2D eigenvalue weighted by Crippen LogP contribution is 2.03. The van der Waals surface area contributed by atoms with Gasteiger partial charge in [-0.25, -0.2) is 4.79 Å². The predicted molar refractivity (Wildman–Crippen MR) is 61.3 cm³/mol. The summed E-state index contributed by atoms with van der Waals surface area (Å²) in [4.78, 5) is 10.9. The van der Waals surface area contributed by atoms with E-state index in [-0.39, 0.29) is 0 Å². The van der Waals surface area contributed by atoms with Gasteiger partial charge in [0, 0.05) is 6.42 Å². The van der Waals surface area contributed by atoms with Gasteiger partial charge >= 0.3 is 6.09 Å². The Morgan fingerprint density at radius 1 is 1.29 bits per heavy atom. The number of benzene rings is 1. The van der Waals surface area contributed by atoms with Crippen molar-refractivity contribution in [3.63, 3.8) is 0 Å². The highest BCUT2D eigenvalue weighted by Gasteiger charge is 2.05. The van der Waals surface area contributed by atoms with E-state index in [1.165, 1.54) is 0 Å². The number of rotatable bonds is 3. The lowest BCUT2D eigenvalue weighted by molar-refractivity contribution is 0.144. The summed E-state index contributed by atoms with van der Waals surface area (Å²) in [6.07, 6.45) is 0.134. The molecule has 1 aromatic rings. The van der Waals surface area contributed by atoms with E-state index in [0.717, 1.165) is 9.27 Å². The van der Waals surface area contributed by atoms with Gasteiger partial charge in [-0.2, -0.15) is 3.71 Å². The van der Waals surface area contributed by atoms with E-state index >= 15 is 0 Å². The third kappa shape index (κ3) is 3.93. The van der Waals surface area contributed by atoms with Gasteiger partial charge in [0.25, 0.3) is 0 Å². The van der Waals surface area contributed by atoms with Crippen LogP contribution in [0.1, 0.15) is 5.56 Å². The van der Waals surface area contributed by atoms with Gasteiger partial charge in [0.1, 0.15) is 0 Å². The Balaban J connectivity index is 2.26. The van der Waals surface area contributed by atoms with Crippen LogP contribution in [0.4, 0.5) is 4.79 Å². The van der Waals surface area contributed by atoms with Crippen LogP contribution in [0.2, 0.25) is 0 Å². The lowest BCUT2D eigenvalue weighted by atomic mass is 10.2. The molecule has 1 amide bonds. The van der Waals surface area contributed by atoms with Crippen LogP contribution in [-0.4, -0.2) is 16.4 Å². The number of amides is 1. The Kier molecular flexibility index (Phi) is 4.69. The fourth-order valence-electron chi connectivity index (χ4n) is 0.959. The first-order chi connectivity index (χ1) is 6.70. The fraction of sp³-hybridized carbons (Fsp3) is 0.222. The minimum absolute atomic E-state index is 0.334. The Bertz CT molecular complexity index is 290. The molecular formula is C9H11NO2S2. The standard InChI is InChI=1S/C9H11NO2S2/c11-9(10(13)14)12-7-6-8-4-2-1-3-5-8/h1-5,13-14H,6-7H2. The quantitative estimate of drug-likeness (QED) is 0.779. The summed E-state index contributed by atoms with van der Waals surface area (Å²) in [5.74, 6) is 0. The summed E-state index contributed by atoms with van der Waals surface area (Å²) in [5, 5.41) is 0. The Morgan fingerprint density at radius 2 is 1.93 bits per heavy atom. The third-order valence-electron chi connectivity index (χ3n) is 1.62. The molecule has 5 heteroatoms. The Hall–Kier alpha value is -0.810. The summed E-state index contributed by atoms with van der Waals surface area (Å²) in [6.45, 7) is 0.334. The third-order valence-corrected chi connectivity index (χ3v) is 1.95. The van der Waals surface area contributed by atoms with E-state index in [1.807, 2.05) is 30.3 Å². The second kappa shape index (κ2) is 5.82. The number of ether oxygens (including phenoxy) is 1. The highest BCUT2D eigenvalue weighted by molar-refractivity contribution is 7.94. The van der Waals surface area contributed by atoms with Crippen molar-refractivity contribution in [2.45, 2.75) is 6.42 Å². The molecule has 0 aliphatic carbocycles. The Labute approximate surface area is 94.1 Å². The number of hydrogen-bond acceptors (Lipinski definition) is 4. The van der Waals surface area contributed by atoms with E-state index in [9.17, 15) is 4.79 Å². The molecule has 0 spiro atoms. The first-order valence-corrected chi connectivity index (χ1v) is 4.88. The second-order valence-corrected chi connectivity index (χ2v) is 3.75. The molecular weight excluding hydrogens is 218 g/mol. The minimum Gasteiger partial charge on any atom is -0.448 e. The van der Waals surface area contributed by atoms with E-state index in [1.54, 1.807) is 0 Å². The molecule has 0 radical (unpaired) electrons. The molecule has 0 heterocycles. The maximum atomic E-state index is 10.9. The van der Waals surface area contributed by atoms with Gasteiger partial charge in [-0.05, 0) is 31.2 Å². The number of hydrogen-bond donors (Lipinski definition) is 2. The van der Waals surface area contributed by atoms with Gasteiger partial charge in [0.15, 0.2) is 0 Å². The molecule has 14 heavy (non-hydrogen) atoms. The van der Waals surface area contributed by atoms with Crippen molar-refractivity contribution in [1.29, 1.82) is 0 Å². The number of thiol groups is 2. The molecule has 0 fully saturated rings. The lowest BCUT2D eigenvalue weighted by Crippen LogP contribution is -2.15. The molecule has 1 aromatic carbocycles. The Morgan fingerprint density at radius 3 is 2.50 bits per heavy atom. The van der Waals surface area contributed by atoms with E-state index in [0.29, 0.717) is 13.0 Å². The van der Waals surface area contributed by atoms with Gasteiger partial charge in [-0.1, -0.05) is 30.3 Å². The average molecular weight is 229 g/mol. The summed E-state index contributed by atoms with van der Waals surface area (Å²) < 4.78 is 5.65. The summed E-state index contributed by atoms with van der Waals surface area (Å²) in [7, 11) is 0. The van der Waals surface area contributed by atoms with Crippen molar-refractivity contribution in [1.82, 2.24) is 3.71 Å². The molecule has 0 aliphatic heterocycles. The van der Waals surface area contributed by atoms with Crippen LogP contribution >= 0.6 is 25.6 Å². The minimum atomic E-state index is -0.562. The number of nitrogens with zero attached hydrogens (tertiary/aromatic N) is 1. The number of carbonyl (C=O) groups is 1. The van der Waals surface area contributed by atoms with Crippen molar-refractivity contribution < 1.29 is 9.53 Å². The van der Waals surface area contributed by atoms with Gasteiger partial charge in [0.2, 0.25) is 0 Å². The largest absolute Gasteiger partial charge is 0.448 e. The van der Waals surface area contributed by atoms with Crippen molar-refractivity contribution in [2.24, 2.45) is 0 Å². The van der Waals surface area contributed by atoms with Crippen LogP contribution < -0.4 is 0 Å². The van der Waals surface area contributed by atoms with Crippen LogP contribution in [0.3, 0.4) is 0 Å². The van der Waals surface area contributed by atoms with Gasteiger partial charge in [-0.15, -0.1) is 0 Å². The van der Waals surface area contributed by atoms with Crippen LogP contribution in [0.5, 0.6) is 0 Å². The molecule has 0 saturated carbocycles. The normalized spacial score (nSPS) is 9.57. The molecule has 0 aromatic heterocycles. The van der Waals surface area contributed by atoms with E-state index in [2.05, 4.69) is 25.6 Å². The zero-order valence-electron chi connectivity index (χ0n) is 7.46. The zero-order valence-corrected chi connectivity index (χ0v) is 9.25. The van der Waals surface area contributed by atoms with Crippen LogP contribution in [-0.2, 0) is 11.2 Å². The fourth-order valence-corrected chi connectivity index (χ4v) is 1.07. The summed E-state index contributed by atoms with van der Waals surface area (Å²) >= 11 is 7.35. The molecule has 76 valence electrons. The number of carbonyl (C=O) groups excluding carboxylic acids is 1. The van der Waals surface area contributed by atoms with Crippen molar-refractivity contribution in [3.05, 3.63) is 35.9 Å². The van der Waals surface area contributed by atoms with Crippen LogP contribution in [0, 0.1) is 0 Å². The maximum absolute atomic E-state index is 10.9. The molecule has 1 rings (SSSR count). The van der Waals surface area contributed by atoms with Gasteiger partial charge in [-0.3, -0.25) is 0 Å². The first-order valence-electron chi connectivity index (χ1n) is 4.08. The van der Waals surface area contributed by atoms with Crippen molar-refractivity contribution in [3.8, 4) is 0 Å². The molecule has 0 N–H and O–H groups in total. The molecule has 0 bridgehead atoms. The second-order valence-electron chi connectivity index (χ2n) is 2.64. The molecule has 0 atom stereocenters. The molecule has 0 aliphatic rings. The van der Waals surface area contributed by atoms with Crippen molar-refractivity contribution >= 4 is 31.7 Å². The molecule has 0 unspecified atom stereocenters. The van der Waals surface area contributed by atoms with E-state index < -0.39 is 6.09 Å². The van der Waals surface area contributed by atoms with Crippen molar-refractivity contribution in [2.75, 3.05) is 6.61 Å². The van der Waals surface area contributed by atoms with E-state index in [4.69, 9.17) is 4.74 Å². The lowest BCUT2D eigenvalue weighted by Gasteiger charge is -2.08. The maximum Gasteiger partial charge on any atom is 0.429 e. The zero-order chi connectivity index (χ0) is 10.4. The predicted octanol–water partition coefficient (Wildman–Crippen LogP) is 2.36. The summed E-state index contributed by atoms with van der Waals surface area (Å²) in [5.41, 5.74) is 1.13. The molecule has 3 nitrogen and oxygen atoms in total. The average Bonchev–Trinajstić information content (AvgIpc) is 2.19. The van der Waals surface area contributed by atoms with Crippen LogP contribution in [0.25, 0.3) is 0 Å².